The van der Waals surface area contributed by atoms with E-state index in [1.54, 1.807) is 0 Å². The molecule has 4 aromatic carbocycles. The van der Waals surface area contributed by atoms with E-state index in [9.17, 15) is 0 Å². The molecule has 1 aromatic heterocycles. The molecule has 0 atom stereocenters. The SMILES string of the molecule is C/C=C\c1c(C)cccc1N(c1ccccc1)c1cccc2sc3c(C)cccc3c12. The Morgan fingerprint density at radius 2 is 1.42 bits per heavy atom. The summed E-state index contributed by atoms with van der Waals surface area (Å²) in [5.74, 6) is 0. The molecule has 0 radical (unpaired) electrons. The van der Waals surface area contributed by atoms with Crippen LogP contribution in [0.15, 0.2) is 91.0 Å². The lowest BCUT2D eigenvalue weighted by molar-refractivity contribution is 1.27. The normalized spacial score (nSPS) is 11.6. The van der Waals surface area contributed by atoms with Crippen molar-refractivity contribution in [1.29, 1.82) is 0 Å². The minimum Gasteiger partial charge on any atom is -0.309 e. The van der Waals surface area contributed by atoms with Crippen molar-refractivity contribution in [3.8, 4) is 0 Å². The Balaban J connectivity index is 1.89. The molecule has 1 heterocycles. The molecule has 0 aliphatic heterocycles. The number of benzene rings is 4. The summed E-state index contributed by atoms with van der Waals surface area (Å²) < 4.78 is 2.69. The van der Waals surface area contributed by atoms with E-state index >= 15 is 0 Å². The number of anilines is 3. The smallest absolute Gasteiger partial charge is 0.0555 e. The highest BCUT2D eigenvalue weighted by atomic mass is 32.1. The summed E-state index contributed by atoms with van der Waals surface area (Å²) in [6.07, 6.45) is 4.34. The average Bonchev–Trinajstić information content (AvgIpc) is 3.18. The zero-order valence-electron chi connectivity index (χ0n) is 18.1. The van der Waals surface area contributed by atoms with Crippen molar-refractivity contribution in [2.75, 3.05) is 4.90 Å². The first-order valence-electron chi connectivity index (χ1n) is 10.7. The van der Waals surface area contributed by atoms with E-state index in [4.69, 9.17) is 0 Å². The number of aryl methyl sites for hydroxylation is 2. The van der Waals surface area contributed by atoms with Gasteiger partial charge in [-0.1, -0.05) is 66.7 Å². The fourth-order valence-corrected chi connectivity index (χ4v) is 5.58. The molecular formula is C29H25NS. The van der Waals surface area contributed by atoms with E-state index in [0.717, 1.165) is 0 Å². The van der Waals surface area contributed by atoms with Gasteiger partial charge in [-0.05, 0) is 62.2 Å². The highest BCUT2D eigenvalue weighted by Crippen LogP contribution is 2.46. The van der Waals surface area contributed by atoms with Crippen molar-refractivity contribution in [2.24, 2.45) is 0 Å². The van der Waals surface area contributed by atoms with Gasteiger partial charge in [-0.15, -0.1) is 11.3 Å². The van der Waals surface area contributed by atoms with Gasteiger partial charge in [0.2, 0.25) is 0 Å². The molecule has 0 unspecified atom stereocenters. The summed E-state index contributed by atoms with van der Waals surface area (Å²) >= 11 is 1.89. The highest BCUT2D eigenvalue weighted by molar-refractivity contribution is 7.26. The summed E-state index contributed by atoms with van der Waals surface area (Å²) in [5.41, 5.74) is 7.44. The quantitative estimate of drug-likeness (QED) is 0.281. The van der Waals surface area contributed by atoms with Crippen LogP contribution in [0, 0.1) is 13.8 Å². The molecule has 152 valence electrons. The third-order valence-corrected chi connectivity index (χ3v) is 7.13. The molecule has 5 rings (SSSR count). The van der Waals surface area contributed by atoms with Crippen molar-refractivity contribution >= 4 is 54.6 Å². The summed E-state index contributed by atoms with van der Waals surface area (Å²) in [6, 6.07) is 30.6. The second kappa shape index (κ2) is 8.05. The maximum Gasteiger partial charge on any atom is 0.0555 e. The van der Waals surface area contributed by atoms with Gasteiger partial charge in [-0.3, -0.25) is 0 Å². The lowest BCUT2D eigenvalue weighted by atomic mass is 10.0. The molecule has 0 saturated carbocycles. The Bertz CT molecular complexity index is 1410. The van der Waals surface area contributed by atoms with Gasteiger partial charge in [0.15, 0.2) is 0 Å². The first kappa shape index (κ1) is 19.6. The molecule has 0 fully saturated rings. The molecule has 31 heavy (non-hydrogen) atoms. The molecule has 0 spiro atoms. The lowest BCUT2D eigenvalue weighted by Crippen LogP contribution is -2.12. The van der Waals surface area contributed by atoms with Crippen molar-refractivity contribution in [3.63, 3.8) is 0 Å². The predicted octanol–water partition coefficient (Wildman–Crippen LogP) is 9.17. The van der Waals surface area contributed by atoms with Gasteiger partial charge in [-0.25, -0.2) is 0 Å². The number of hydrogen-bond acceptors (Lipinski definition) is 2. The highest BCUT2D eigenvalue weighted by Gasteiger charge is 2.20. The standard InChI is InChI=1S/C29H25NS/c1-4-11-23-20(2)12-9-17-25(23)30(22-14-6-5-7-15-22)26-18-10-19-27-28(26)24-16-8-13-21(3)29(24)31-27/h4-19H,1-3H3/b11-4-. The molecule has 0 amide bonds. The topological polar surface area (TPSA) is 3.24 Å². The van der Waals surface area contributed by atoms with Crippen molar-refractivity contribution in [2.45, 2.75) is 20.8 Å². The Hall–Kier alpha value is -3.36. The molecule has 0 aliphatic rings. The zero-order chi connectivity index (χ0) is 21.4. The van der Waals surface area contributed by atoms with Crippen LogP contribution in [0.3, 0.4) is 0 Å². The van der Waals surface area contributed by atoms with Crippen LogP contribution in [0.2, 0.25) is 0 Å². The van der Waals surface area contributed by atoms with Crippen LogP contribution in [0.5, 0.6) is 0 Å². The fraction of sp³-hybridized carbons (Fsp3) is 0.103. The Kier molecular flexibility index (Phi) is 5.09. The van der Waals surface area contributed by atoms with Crippen LogP contribution in [-0.4, -0.2) is 0 Å². The average molecular weight is 420 g/mol. The van der Waals surface area contributed by atoms with Crippen LogP contribution in [-0.2, 0) is 0 Å². The van der Waals surface area contributed by atoms with Crippen molar-refractivity contribution in [3.05, 3.63) is 108 Å². The minimum atomic E-state index is 1.17. The number of para-hydroxylation sites is 1. The van der Waals surface area contributed by atoms with Gasteiger partial charge in [0.25, 0.3) is 0 Å². The zero-order valence-corrected chi connectivity index (χ0v) is 18.9. The van der Waals surface area contributed by atoms with E-state index in [2.05, 4.69) is 123 Å². The van der Waals surface area contributed by atoms with E-state index in [0.29, 0.717) is 0 Å². The summed E-state index contributed by atoms with van der Waals surface area (Å²) in [6.45, 7) is 6.47. The Morgan fingerprint density at radius 3 is 2.23 bits per heavy atom. The lowest BCUT2D eigenvalue weighted by Gasteiger charge is -2.28. The van der Waals surface area contributed by atoms with Crippen LogP contribution >= 0.6 is 11.3 Å². The second-order valence-electron chi connectivity index (χ2n) is 7.88. The number of nitrogens with zero attached hydrogens (tertiary/aromatic N) is 1. The van der Waals surface area contributed by atoms with E-state index in [-0.39, 0.29) is 0 Å². The van der Waals surface area contributed by atoms with Gasteiger partial charge in [0, 0.05) is 31.4 Å². The van der Waals surface area contributed by atoms with Gasteiger partial charge in [0.1, 0.15) is 0 Å². The molecular weight excluding hydrogens is 394 g/mol. The second-order valence-corrected chi connectivity index (χ2v) is 8.93. The van der Waals surface area contributed by atoms with Crippen molar-refractivity contribution < 1.29 is 0 Å². The van der Waals surface area contributed by atoms with Gasteiger partial charge in [0.05, 0.1) is 11.4 Å². The summed E-state index contributed by atoms with van der Waals surface area (Å²) in [7, 11) is 0. The maximum atomic E-state index is 2.42. The van der Waals surface area contributed by atoms with Crippen LogP contribution in [0.1, 0.15) is 23.6 Å². The number of fused-ring (bicyclic) bond motifs is 3. The van der Waals surface area contributed by atoms with E-state index in [1.165, 1.54) is 53.9 Å². The van der Waals surface area contributed by atoms with Gasteiger partial charge >= 0.3 is 0 Å². The number of hydrogen-bond donors (Lipinski definition) is 0. The third-order valence-electron chi connectivity index (χ3n) is 5.83. The number of allylic oxidation sites excluding steroid dienone is 1. The molecule has 2 heteroatoms. The molecule has 5 aromatic rings. The van der Waals surface area contributed by atoms with Crippen LogP contribution in [0.25, 0.3) is 26.2 Å². The summed E-state index contributed by atoms with van der Waals surface area (Å²) in [5, 5.41) is 2.65. The number of rotatable bonds is 4. The minimum absolute atomic E-state index is 1.17. The Labute approximate surface area is 187 Å². The largest absolute Gasteiger partial charge is 0.309 e. The van der Waals surface area contributed by atoms with Gasteiger partial charge < -0.3 is 4.90 Å². The van der Waals surface area contributed by atoms with Gasteiger partial charge in [-0.2, -0.15) is 0 Å². The van der Waals surface area contributed by atoms with Crippen LogP contribution in [0.4, 0.5) is 17.1 Å². The maximum absolute atomic E-state index is 2.42. The molecule has 1 nitrogen and oxygen atoms in total. The van der Waals surface area contributed by atoms with E-state index in [1.807, 2.05) is 11.3 Å². The van der Waals surface area contributed by atoms with E-state index < -0.39 is 0 Å². The third kappa shape index (κ3) is 3.34. The predicted molar refractivity (Wildman–Crippen MR) is 138 cm³/mol. The molecule has 0 saturated heterocycles. The van der Waals surface area contributed by atoms with Crippen LogP contribution < -0.4 is 4.90 Å². The molecule has 0 aliphatic carbocycles. The van der Waals surface area contributed by atoms with Crippen molar-refractivity contribution in [1.82, 2.24) is 0 Å². The number of thiophene rings is 1. The first-order chi connectivity index (χ1) is 15.2. The fourth-order valence-electron chi connectivity index (χ4n) is 4.39. The first-order valence-corrected chi connectivity index (χ1v) is 11.5. The Morgan fingerprint density at radius 1 is 0.710 bits per heavy atom. The molecule has 0 N–H and O–H groups in total. The molecule has 0 bridgehead atoms. The monoisotopic (exact) mass is 419 g/mol. The summed E-state index contributed by atoms with van der Waals surface area (Å²) in [4.78, 5) is 2.42.